The number of hydrogen-bond donors (Lipinski definition) is 1. The number of benzene rings is 1. The molecule has 0 spiro atoms. The van der Waals surface area contributed by atoms with Crippen LogP contribution in [0.25, 0.3) is 0 Å². The smallest absolute Gasteiger partial charge is 0.305 e. The molecular weight excluding hydrogens is 325 g/mol. The molecule has 1 aliphatic rings. The van der Waals surface area contributed by atoms with Crippen LogP contribution in [0.15, 0.2) is 18.2 Å². The van der Waals surface area contributed by atoms with Gasteiger partial charge in [0.05, 0.1) is 6.42 Å². The summed E-state index contributed by atoms with van der Waals surface area (Å²) in [5.41, 5.74) is 0.970. The van der Waals surface area contributed by atoms with Crippen LogP contribution in [0.3, 0.4) is 0 Å². The van der Waals surface area contributed by atoms with Gasteiger partial charge in [-0.15, -0.1) is 0 Å². The van der Waals surface area contributed by atoms with Gasteiger partial charge in [0.15, 0.2) is 0 Å². The first-order valence-corrected chi connectivity index (χ1v) is 8.03. The summed E-state index contributed by atoms with van der Waals surface area (Å²) in [6.45, 7) is 4.03. The molecule has 1 aliphatic carbocycles. The molecule has 0 bridgehead atoms. The van der Waals surface area contributed by atoms with E-state index < -0.39 is 5.97 Å². The second kappa shape index (κ2) is 6.88. The van der Waals surface area contributed by atoms with Crippen LogP contribution in [-0.4, -0.2) is 34.5 Å². The molecule has 1 N–H and O–H groups in total. The summed E-state index contributed by atoms with van der Waals surface area (Å²) < 4.78 is 0. The molecular formula is C16H19Cl2NO3. The molecule has 1 aromatic rings. The zero-order valence-corrected chi connectivity index (χ0v) is 14.1. The normalized spacial score (nSPS) is 20.0. The first-order chi connectivity index (χ1) is 10.3. The number of carbonyl (C=O) groups excluding carboxylic acids is 1. The number of amides is 1. The largest absolute Gasteiger partial charge is 0.481 e. The van der Waals surface area contributed by atoms with Gasteiger partial charge in [-0.05, 0) is 49.9 Å². The molecule has 120 valence electrons. The maximum absolute atomic E-state index is 12.6. The maximum atomic E-state index is 12.6. The summed E-state index contributed by atoms with van der Waals surface area (Å²) in [4.78, 5) is 25.0. The van der Waals surface area contributed by atoms with E-state index >= 15 is 0 Å². The number of hydrogen-bond acceptors (Lipinski definition) is 2. The highest BCUT2D eigenvalue weighted by Crippen LogP contribution is 2.49. The van der Waals surface area contributed by atoms with Crippen LogP contribution >= 0.6 is 23.2 Å². The van der Waals surface area contributed by atoms with Crippen molar-refractivity contribution in [3.05, 3.63) is 33.8 Å². The van der Waals surface area contributed by atoms with Crippen molar-refractivity contribution in [1.82, 2.24) is 4.90 Å². The van der Waals surface area contributed by atoms with Gasteiger partial charge in [0.2, 0.25) is 5.91 Å². The third-order valence-corrected chi connectivity index (χ3v) is 4.33. The van der Waals surface area contributed by atoms with Crippen LogP contribution < -0.4 is 0 Å². The summed E-state index contributed by atoms with van der Waals surface area (Å²) in [5.74, 6) is -0.870. The fourth-order valence-electron chi connectivity index (χ4n) is 2.68. The second-order valence-electron chi connectivity index (χ2n) is 5.92. The van der Waals surface area contributed by atoms with E-state index in [9.17, 15) is 9.59 Å². The van der Waals surface area contributed by atoms with Crippen molar-refractivity contribution in [2.75, 3.05) is 6.54 Å². The Morgan fingerprint density at radius 1 is 1.27 bits per heavy atom. The number of halogens is 2. The van der Waals surface area contributed by atoms with Gasteiger partial charge in [-0.2, -0.15) is 0 Å². The van der Waals surface area contributed by atoms with E-state index in [4.69, 9.17) is 28.3 Å². The van der Waals surface area contributed by atoms with Crippen molar-refractivity contribution >= 4 is 35.1 Å². The van der Waals surface area contributed by atoms with Crippen molar-refractivity contribution in [3.8, 4) is 0 Å². The number of rotatable bonds is 6. The molecule has 0 radical (unpaired) electrons. The molecule has 2 atom stereocenters. The molecule has 4 nitrogen and oxygen atoms in total. The third kappa shape index (κ3) is 4.14. The summed E-state index contributed by atoms with van der Waals surface area (Å²) >= 11 is 12.0. The van der Waals surface area contributed by atoms with Gasteiger partial charge < -0.3 is 10.0 Å². The van der Waals surface area contributed by atoms with E-state index in [-0.39, 0.29) is 36.8 Å². The van der Waals surface area contributed by atoms with E-state index in [0.717, 1.165) is 12.0 Å². The van der Waals surface area contributed by atoms with Crippen LogP contribution in [0.1, 0.15) is 38.2 Å². The summed E-state index contributed by atoms with van der Waals surface area (Å²) in [6, 6.07) is 5.32. The molecule has 6 heteroatoms. The Balaban J connectivity index is 2.05. The number of aliphatic carboxylic acids is 1. The zero-order valence-electron chi connectivity index (χ0n) is 12.6. The van der Waals surface area contributed by atoms with E-state index in [1.165, 1.54) is 0 Å². The molecule has 0 saturated heterocycles. The van der Waals surface area contributed by atoms with Crippen molar-refractivity contribution in [2.45, 2.75) is 38.6 Å². The van der Waals surface area contributed by atoms with Gasteiger partial charge in [0.25, 0.3) is 0 Å². The second-order valence-corrected chi connectivity index (χ2v) is 6.79. The lowest BCUT2D eigenvalue weighted by atomic mass is 10.1. The Hall–Kier alpha value is -1.26. The molecule has 2 unspecified atom stereocenters. The highest BCUT2D eigenvalue weighted by Gasteiger charge is 2.46. The number of carboxylic acid groups (broad SMARTS) is 1. The zero-order chi connectivity index (χ0) is 16.4. The molecule has 1 fully saturated rings. The van der Waals surface area contributed by atoms with Crippen LogP contribution in [0.5, 0.6) is 0 Å². The van der Waals surface area contributed by atoms with Crippen molar-refractivity contribution in [1.29, 1.82) is 0 Å². The Labute approximate surface area is 140 Å². The summed E-state index contributed by atoms with van der Waals surface area (Å²) in [6.07, 6.45) is 0.718. The minimum atomic E-state index is -0.896. The van der Waals surface area contributed by atoms with E-state index in [0.29, 0.717) is 10.0 Å². The molecule has 2 rings (SSSR count). The lowest BCUT2D eigenvalue weighted by Crippen LogP contribution is -2.39. The van der Waals surface area contributed by atoms with Crippen LogP contribution in [0.2, 0.25) is 10.0 Å². The Kier molecular flexibility index (Phi) is 5.35. The van der Waals surface area contributed by atoms with Gasteiger partial charge in [-0.3, -0.25) is 9.59 Å². The fraction of sp³-hybridized carbons (Fsp3) is 0.500. The molecule has 22 heavy (non-hydrogen) atoms. The highest BCUT2D eigenvalue weighted by atomic mass is 35.5. The van der Waals surface area contributed by atoms with Crippen LogP contribution in [0.4, 0.5) is 0 Å². The number of nitrogens with zero attached hydrogens (tertiary/aromatic N) is 1. The van der Waals surface area contributed by atoms with Gasteiger partial charge in [-0.1, -0.05) is 23.2 Å². The predicted octanol–water partition coefficient (Wildman–Crippen LogP) is 3.81. The van der Waals surface area contributed by atoms with Crippen molar-refractivity contribution in [2.24, 2.45) is 5.92 Å². The lowest BCUT2D eigenvalue weighted by molar-refractivity contribution is -0.139. The van der Waals surface area contributed by atoms with E-state index in [2.05, 4.69) is 0 Å². The molecule has 1 aromatic carbocycles. The monoisotopic (exact) mass is 343 g/mol. The summed E-state index contributed by atoms with van der Waals surface area (Å²) in [7, 11) is 0. The first-order valence-electron chi connectivity index (χ1n) is 7.28. The highest BCUT2D eigenvalue weighted by molar-refractivity contribution is 6.34. The van der Waals surface area contributed by atoms with E-state index in [1.54, 1.807) is 11.0 Å². The van der Waals surface area contributed by atoms with E-state index in [1.807, 2.05) is 26.0 Å². The Morgan fingerprint density at radius 2 is 1.86 bits per heavy atom. The maximum Gasteiger partial charge on any atom is 0.305 e. The first kappa shape index (κ1) is 17.1. The third-order valence-electron chi connectivity index (χ3n) is 3.89. The Morgan fingerprint density at radius 3 is 2.36 bits per heavy atom. The molecule has 1 saturated carbocycles. The fourth-order valence-corrected chi connectivity index (χ4v) is 3.22. The van der Waals surface area contributed by atoms with Crippen LogP contribution in [-0.2, 0) is 9.59 Å². The van der Waals surface area contributed by atoms with Gasteiger partial charge in [-0.25, -0.2) is 0 Å². The molecule has 0 aromatic heterocycles. The van der Waals surface area contributed by atoms with Gasteiger partial charge in [0, 0.05) is 28.5 Å². The minimum Gasteiger partial charge on any atom is -0.481 e. The summed E-state index contributed by atoms with van der Waals surface area (Å²) in [5, 5.41) is 9.93. The minimum absolute atomic E-state index is 0.0114. The average molecular weight is 344 g/mol. The number of carboxylic acids is 1. The molecule has 1 amide bonds. The van der Waals surface area contributed by atoms with Gasteiger partial charge >= 0.3 is 5.97 Å². The lowest BCUT2D eigenvalue weighted by Gasteiger charge is -2.26. The van der Waals surface area contributed by atoms with Crippen LogP contribution in [0, 0.1) is 5.92 Å². The molecule has 0 heterocycles. The quantitative estimate of drug-likeness (QED) is 0.854. The average Bonchev–Trinajstić information content (AvgIpc) is 3.16. The van der Waals surface area contributed by atoms with Crippen molar-refractivity contribution < 1.29 is 14.7 Å². The SMILES string of the molecule is CC(C)N(CCC(=O)O)C(=O)C1CC1c1cc(Cl)cc(Cl)c1. The topological polar surface area (TPSA) is 57.6 Å². The number of carbonyl (C=O) groups is 2. The standard InChI is InChI=1S/C16H19Cl2NO3/c1-9(2)19(4-3-15(20)21)16(22)14-8-13(14)10-5-11(17)7-12(18)6-10/h5-7,9,13-14H,3-4,8H2,1-2H3,(H,20,21). The van der Waals surface area contributed by atoms with Gasteiger partial charge in [0.1, 0.15) is 0 Å². The van der Waals surface area contributed by atoms with Crippen molar-refractivity contribution in [3.63, 3.8) is 0 Å². The molecule has 0 aliphatic heterocycles. The Bertz CT molecular complexity index is 569. The predicted molar refractivity (Wildman–Crippen MR) is 86.4 cm³/mol.